The van der Waals surface area contributed by atoms with E-state index in [1.807, 2.05) is 13.8 Å². The largest absolute Gasteiger partial charge is 0.365 e. The van der Waals surface area contributed by atoms with Gasteiger partial charge in [-0.15, -0.1) is 0 Å². The number of anilines is 1. The Bertz CT molecular complexity index is 890. The summed E-state index contributed by atoms with van der Waals surface area (Å²) in [5.41, 5.74) is 3.51. The van der Waals surface area contributed by atoms with Crippen molar-refractivity contribution in [1.29, 1.82) is 0 Å². The first-order valence-corrected chi connectivity index (χ1v) is 6.63. The van der Waals surface area contributed by atoms with Gasteiger partial charge >= 0.3 is 0 Å². The lowest BCUT2D eigenvalue weighted by Gasteiger charge is -2.07. The Labute approximate surface area is 121 Å². The number of carbonyl (C=O) groups is 1. The topological polar surface area (TPSA) is 77.8 Å². The highest BCUT2D eigenvalue weighted by molar-refractivity contribution is 6.05. The number of aryl methyl sites for hydroxylation is 2. The van der Waals surface area contributed by atoms with Crippen molar-refractivity contribution in [1.82, 2.24) is 9.97 Å². The molecule has 0 saturated carbocycles. The molecule has 0 saturated heterocycles. The standard InChI is InChI=1S/C16H15N3O2/c1-9-7-15(20)13-8-11(3-4-14(13)18-9)19-16(21)12-5-6-17-10(12)2/h3-8,17H,1-2H3,(H,18,20)(H,19,21). The van der Waals surface area contributed by atoms with E-state index in [-0.39, 0.29) is 11.3 Å². The van der Waals surface area contributed by atoms with E-state index in [9.17, 15) is 9.59 Å². The summed E-state index contributed by atoms with van der Waals surface area (Å²) < 4.78 is 0. The SMILES string of the molecule is Cc1cc(=O)c2cc(NC(=O)c3cc[nH]c3C)ccc2[nH]1. The fraction of sp³-hybridized carbons (Fsp3) is 0.125. The molecule has 0 aliphatic heterocycles. The van der Waals surface area contributed by atoms with Crippen LogP contribution >= 0.6 is 0 Å². The lowest BCUT2D eigenvalue weighted by atomic mass is 10.1. The molecule has 21 heavy (non-hydrogen) atoms. The van der Waals surface area contributed by atoms with Gasteiger partial charge in [-0.2, -0.15) is 0 Å². The van der Waals surface area contributed by atoms with E-state index in [4.69, 9.17) is 0 Å². The molecular weight excluding hydrogens is 266 g/mol. The van der Waals surface area contributed by atoms with Crippen LogP contribution in [0.4, 0.5) is 5.69 Å². The molecule has 1 amide bonds. The van der Waals surface area contributed by atoms with Crippen molar-refractivity contribution in [2.24, 2.45) is 0 Å². The van der Waals surface area contributed by atoms with Gasteiger partial charge in [0.05, 0.1) is 5.56 Å². The number of carbonyl (C=O) groups excluding carboxylic acids is 1. The van der Waals surface area contributed by atoms with E-state index in [0.29, 0.717) is 16.6 Å². The average Bonchev–Trinajstić information content (AvgIpc) is 2.85. The molecule has 0 radical (unpaired) electrons. The number of H-pyrrole nitrogens is 2. The van der Waals surface area contributed by atoms with E-state index in [2.05, 4.69) is 15.3 Å². The van der Waals surface area contributed by atoms with Gasteiger partial charge < -0.3 is 15.3 Å². The van der Waals surface area contributed by atoms with Crippen molar-refractivity contribution in [2.75, 3.05) is 5.32 Å². The third-order valence-corrected chi connectivity index (χ3v) is 3.42. The summed E-state index contributed by atoms with van der Waals surface area (Å²) >= 11 is 0. The second-order valence-electron chi connectivity index (χ2n) is 5.05. The Hall–Kier alpha value is -2.82. The molecule has 0 bridgehead atoms. The number of hydrogen-bond donors (Lipinski definition) is 3. The molecule has 5 heteroatoms. The van der Waals surface area contributed by atoms with Gasteiger partial charge in [-0.25, -0.2) is 0 Å². The number of rotatable bonds is 2. The molecule has 0 spiro atoms. The average molecular weight is 281 g/mol. The molecule has 0 atom stereocenters. The van der Waals surface area contributed by atoms with Crippen LogP contribution in [0.15, 0.2) is 41.3 Å². The first-order chi connectivity index (χ1) is 10.0. The number of aromatic nitrogens is 2. The van der Waals surface area contributed by atoms with Gasteiger partial charge in [0.15, 0.2) is 5.43 Å². The van der Waals surface area contributed by atoms with E-state index < -0.39 is 0 Å². The maximum Gasteiger partial charge on any atom is 0.257 e. The van der Waals surface area contributed by atoms with E-state index >= 15 is 0 Å². The second-order valence-corrected chi connectivity index (χ2v) is 5.05. The quantitative estimate of drug-likeness (QED) is 0.675. The van der Waals surface area contributed by atoms with Crippen LogP contribution < -0.4 is 10.7 Å². The Balaban J connectivity index is 1.97. The van der Waals surface area contributed by atoms with Gasteiger partial charge in [-0.1, -0.05) is 0 Å². The highest BCUT2D eigenvalue weighted by Crippen LogP contribution is 2.16. The zero-order valence-electron chi connectivity index (χ0n) is 11.8. The Kier molecular flexibility index (Phi) is 3.10. The Morgan fingerprint density at radius 1 is 1.14 bits per heavy atom. The van der Waals surface area contributed by atoms with Crippen LogP contribution in [0.5, 0.6) is 0 Å². The Morgan fingerprint density at radius 2 is 1.95 bits per heavy atom. The van der Waals surface area contributed by atoms with Gasteiger partial charge in [-0.05, 0) is 38.1 Å². The first-order valence-electron chi connectivity index (χ1n) is 6.63. The number of benzene rings is 1. The van der Waals surface area contributed by atoms with E-state index in [1.54, 1.807) is 36.5 Å². The van der Waals surface area contributed by atoms with Crippen LogP contribution in [0.25, 0.3) is 10.9 Å². The highest BCUT2D eigenvalue weighted by atomic mass is 16.1. The molecule has 1 aromatic carbocycles. The van der Waals surface area contributed by atoms with Gasteiger partial charge in [0.2, 0.25) is 0 Å². The number of amides is 1. The molecule has 0 aliphatic rings. The Morgan fingerprint density at radius 3 is 2.67 bits per heavy atom. The van der Waals surface area contributed by atoms with Crippen molar-refractivity contribution in [3.05, 3.63) is 63.7 Å². The van der Waals surface area contributed by atoms with Crippen LogP contribution in [0.1, 0.15) is 21.7 Å². The summed E-state index contributed by atoms with van der Waals surface area (Å²) in [7, 11) is 0. The van der Waals surface area contributed by atoms with Crippen LogP contribution in [-0.2, 0) is 0 Å². The molecule has 0 aliphatic carbocycles. The molecule has 0 unspecified atom stereocenters. The molecule has 2 aromatic heterocycles. The third kappa shape index (κ3) is 2.45. The molecule has 3 rings (SSSR count). The van der Waals surface area contributed by atoms with Gasteiger partial charge in [0, 0.05) is 40.2 Å². The van der Waals surface area contributed by atoms with Crippen molar-refractivity contribution >= 4 is 22.5 Å². The molecule has 2 heterocycles. The van der Waals surface area contributed by atoms with Crippen LogP contribution in [0.3, 0.4) is 0 Å². The normalized spacial score (nSPS) is 10.8. The minimum Gasteiger partial charge on any atom is -0.365 e. The number of nitrogens with one attached hydrogen (secondary N) is 3. The van der Waals surface area contributed by atoms with Gasteiger partial charge in [-0.3, -0.25) is 9.59 Å². The van der Waals surface area contributed by atoms with Gasteiger partial charge in [0.25, 0.3) is 5.91 Å². The zero-order valence-corrected chi connectivity index (χ0v) is 11.8. The molecule has 3 N–H and O–H groups in total. The van der Waals surface area contributed by atoms with Crippen LogP contribution in [-0.4, -0.2) is 15.9 Å². The fourth-order valence-corrected chi connectivity index (χ4v) is 2.35. The van der Waals surface area contributed by atoms with Gasteiger partial charge in [0.1, 0.15) is 0 Å². The molecule has 0 fully saturated rings. The molecule has 5 nitrogen and oxygen atoms in total. The summed E-state index contributed by atoms with van der Waals surface area (Å²) in [6.07, 6.45) is 1.72. The minimum atomic E-state index is -0.198. The number of hydrogen-bond acceptors (Lipinski definition) is 2. The second kappa shape index (κ2) is 4.94. The molecule has 3 aromatic rings. The summed E-state index contributed by atoms with van der Waals surface area (Å²) in [5, 5.41) is 3.37. The smallest absolute Gasteiger partial charge is 0.257 e. The fourth-order valence-electron chi connectivity index (χ4n) is 2.35. The van der Waals surface area contributed by atoms with Crippen molar-refractivity contribution in [3.8, 4) is 0 Å². The van der Waals surface area contributed by atoms with E-state index in [0.717, 1.165) is 16.9 Å². The van der Waals surface area contributed by atoms with Crippen LogP contribution in [0, 0.1) is 13.8 Å². The third-order valence-electron chi connectivity index (χ3n) is 3.42. The van der Waals surface area contributed by atoms with Crippen molar-refractivity contribution in [2.45, 2.75) is 13.8 Å². The molecule has 106 valence electrons. The summed E-state index contributed by atoms with van der Waals surface area (Å²) in [6, 6.07) is 8.53. The van der Waals surface area contributed by atoms with Crippen molar-refractivity contribution in [3.63, 3.8) is 0 Å². The number of aromatic amines is 2. The van der Waals surface area contributed by atoms with E-state index in [1.165, 1.54) is 0 Å². The highest BCUT2D eigenvalue weighted by Gasteiger charge is 2.10. The predicted molar refractivity (Wildman–Crippen MR) is 82.8 cm³/mol. The number of fused-ring (bicyclic) bond motifs is 1. The first kappa shape index (κ1) is 13.2. The van der Waals surface area contributed by atoms with Crippen molar-refractivity contribution < 1.29 is 4.79 Å². The zero-order chi connectivity index (χ0) is 15.0. The predicted octanol–water partition coefficient (Wildman–Crippen LogP) is 2.73. The van der Waals surface area contributed by atoms with Crippen LogP contribution in [0.2, 0.25) is 0 Å². The lowest BCUT2D eigenvalue weighted by Crippen LogP contribution is -2.13. The maximum absolute atomic E-state index is 12.2. The summed E-state index contributed by atoms with van der Waals surface area (Å²) in [6.45, 7) is 3.67. The summed E-state index contributed by atoms with van der Waals surface area (Å²) in [5.74, 6) is -0.198. The number of pyridine rings is 1. The maximum atomic E-state index is 12.2. The molecular formula is C16H15N3O2. The lowest BCUT2D eigenvalue weighted by molar-refractivity contribution is 0.102. The monoisotopic (exact) mass is 281 g/mol. The summed E-state index contributed by atoms with van der Waals surface area (Å²) in [4.78, 5) is 30.2. The minimum absolute atomic E-state index is 0.0600.